The Morgan fingerprint density at radius 2 is 2.08 bits per heavy atom. The Labute approximate surface area is 141 Å². The van der Waals surface area contributed by atoms with Crippen LogP contribution in [-0.4, -0.2) is 33.4 Å². The lowest BCUT2D eigenvalue weighted by Gasteiger charge is -2.04. The minimum atomic E-state index is -0.266. The zero-order valence-corrected chi connectivity index (χ0v) is 13.5. The van der Waals surface area contributed by atoms with Crippen molar-refractivity contribution in [1.29, 1.82) is 0 Å². The van der Waals surface area contributed by atoms with E-state index >= 15 is 0 Å². The van der Waals surface area contributed by atoms with E-state index in [-0.39, 0.29) is 17.5 Å². The number of carbonyl (C=O) groups excluding carboxylic acids is 1. The maximum absolute atomic E-state index is 12.8. The number of amides is 1. The average molecular weight is 346 g/mol. The van der Waals surface area contributed by atoms with Gasteiger partial charge in [0.15, 0.2) is 0 Å². The van der Waals surface area contributed by atoms with Gasteiger partial charge in [-0.05, 0) is 36.2 Å². The van der Waals surface area contributed by atoms with Crippen LogP contribution in [0.2, 0.25) is 0 Å². The molecule has 0 aliphatic rings. The van der Waals surface area contributed by atoms with E-state index < -0.39 is 0 Å². The highest BCUT2D eigenvalue weighted by Crippen LogP contribution is 2.21. The van der Waals surface area contributed by atoms with Crippen LogP contribution in [-0.2, 0) is 11.2 Å². The van der Waals surface area contributed by atoms with E-state index in [1.165, 1.54) is 23.9 Å². The first-order valence-corrected chi connectivity index (χ1v) is 8.30. The molecule has 1 aromatic carbocycles. The summed E-state index contributed by atoms with van der Waals surface area (Å²) < 4.78 is 18.3. The smallest absolute Gasteiger partial charge is 0.277 e. The van der Waals surface area contributed by atoms with E-state index in [2.05, 4.69) is 20.5 Å². The number of aromatic nitrogens is 3. The molecule has 3 aromatic rings. The molecule has 0 aliphatic carbocycles. The summed E-state index contributed by atoms with van der Waals surface area (Å²) in [5, 5.41) is 10.9. The third kappa shape index (κ3) is 4.45. The molecule has 24 heavy (non-hydrogen) atoms. The number of hydrogen-bond donors (Lipinski definition) is 2. The molecule has 8 heteroatoms. The molecule has 0 radical (unpaired) electrons. The third-order valence-electron chi connectivity index (χ3n) is 3.21. The SMILES string of the molecule is O=C(CSc1nnc(-c2ccc[nH]2)o1)NCCc1ccc(F)cc1. The molecule has 0 atom stereocenters. The molecule has 0 spiro atoms. The largest absolute Gasteiger partial charge is 0.410 e. The van der Waals surface area contributed by atoms with Gasteiger partial charge in [-0.1, -0.05) is 23.9 Å². The fourth-order valence-electron chi connectivity index (χ4n) is 2.02. The van der Waals surface area contributed by atoms with Crippen LogP contribution in [0.5, 0.6) is 0 Å². The van der Waals surface area contributed by atoms with E-state index in [0.717, 1.165) is 11.3 Å². The molecule has 0 unspecified atom stereocenters. The number of rotatable bonds is 7. The summed E-state index contributed by atoms with van der Waals surface area (Å²) in [4.78, 5) is 14.8. The van der Waals surface area contributed by atoms with Gasteiger partial charge in [0, 0.05) is 12.7 Å². The van der Waals surface area contributed by atoms with Crippen LogP contribution in [0.15, 0.2) is 52.2 Å². The van der Waals surface area contributed by atoms with Gasteiger partial charge in [0.25, 0.3) is 11.1 Å². The highest BCUT2D eigenvalue weighted by atomic mass is 32.2. The molecule has 6 nitrogen and oxygen atoms in total. The maximum Gasteiger partial charge on any atom is 0.277 e. The predicted molar refractivity (Wildman–Crippen MR) is 87.9 cm³/mol. The van der Waals surface area contributed by atoms with E-state index in [9.17, 15) is 9.18 Å². The molecule has 0 aliphatic heterocycles. The van der Waals surface area contributed by atoms with Crippen molar-refractivity contribution in [2.75, 3.05) is 12.3 Å². The second kappa shape index (κ2) is 7.78. The molecule has 3 rings (SSSR count). The Morgan fingerprint density at radius 1 is 1.25 bits per heavy atom. The van der Waals surface area contributed by atoms with Gasteiger partial charge in [-0.3, -0.25) is 4.79 Å². The van der Waals surface area contributed by atoms with Gasteiger partial charge in [0.05, 0.1) is 5.75 Å². The Hall–Kier alpha value is -2.61. The minimum Gasteiger partial charge on any atom is -0.410 e. The third-order valence-corrected chi connectivity index (χ3v) is 4.03. The van der Waals surface area contributed by atoms with Gasteiger partial charge in [0.1, 0.15) is 11.5 Å². The average Bonchev–Trinajstić information content (AvgIpc) is 3.26. The van der Waals surface area contributed by atoms with Gasteiger partial charge >= 0.3 is 0 Å². The summed E-state index contributed by atoms with van der Waals surface area (Å²) in [6, 6.07) is 9.88. The van der Waals surface area contributed by atoms with E-state index in [4.69, 9.17) is 4.42 Å². The van der Waals surface area contributed by atoms with E-state index in [1.807, 2.05) is 12.1 Å². The molecule has 2 N–H and O–H groups in total. The fraction of sp³-hybridized carbons (Fsp3) is 0.188. The number of carbonyl (C=O) groups is 1. The Balaban J connectivity index is 1.40. The predicted octanol–water partition coefficient (Wildman–Crippen LogP) is 2.65. The zero-order valence-electron chi connectivity index (χ0n) is 12.7. The molecule has 0 fully saturated rings. The van der Waals surface area contributed by atoms with Crippen LogP contribution in [0.25, 0.3) is 11.6 Å². The molecule has 2 aromatic heterocycles. The van der Waals surface area contributed by atoms with Crippen LogP contribution in [0.4, 0.5) is 4.39 Å². The molecular formula is C16H15FN4O2S. The van der Waals surface area contributed by atoms with Crippen molar-refractivity contribution in [3.05, 3.63) is 54.0 Å². The molecular weight excluding hydrogens is 331 g/mol. The molecule has 2 heterocycles. The standard InChI is InChI=1S/C16H15FN4O2S/c17-12-5-3-11(4-6-12)7-9-19-14(22)10-24-16-21-20-15(23-16)13-2-1-8-18-13/h1-6,8,18H,7,9-10H2,(H,19,22). The zero-order chi connectivity index (χ0) is 16.8. The number of nitrogens with one attached hydrogen (secondary N) is 2. The molecule has 0 saturated heterocycles. The lowest BCUT2D eigenvalue weighted by atomic mass is 10.1. The summed E-state index contributed by atoms with van der Waals surface area (Å²) in [7, 11) is 0. The monoisotopic (exact) mass is 346 g/mol. The first-order valence-electron chi connectivity index (χ1n) is 7.32. The number of aromatic amines is 1. The van der Waals surface area contributed by atoms with Crippen molar-refractivity contribution in [2.45, 2.75) is 11.6 Å². The van der Waals surface area contributed by atoms with Gasteiger partial charge in [-0.25, -0.2) is 4.39 Å². The van der Waals surface area contributed by atoms with Crippen molar-refractivity contribution in [2.24, 2.45) is 0 Å². The van der Waals surface area contributed by atoms with Crippen LogP contribution < -0.4 is 5.32 Å². The molecule has 0 bridgehead atoms. The number of thioether (sulfide) groups is 1. The number of benzene rings is 1. The topological polar surface area (TPSA) is 83.8 Å². The van der Waals surface area contributed by atoms with Crippen molar-refractivity contribution in [1.82, 2.24) is 20.5 Å². The summed E-state index contributed by atoms with van der Waals surface area (Å²) in [5.74, 6) is 0.189. The van der Waals surface area contributed by atoms with E-state index in [0.29, 0.717) is 24.1 Å². The minimum absolute atomic E-state index is 0.123. The second-order valence-corrected chi connectivity index (χ2v) is 5.90. The first kappa shape index (κ1) is 16.3. The summed E-state index contributed by atoms with van der Waals surface area (Å²) in [6.45, 7) is 0.489. The number of hydrogen-bond acceptors (Lipinski definition) is 5. The second-order valence-electron chi connectivity index (χ2n) is 4.97. The van der Waals surface area contributed by atoms with Crippen molar-refractivity contribution in [3.63, 3.8) is 0 Å². The maximum atomic E-state index is 12.8. The van der Waals surface area contributed by atoms with E-state index in [1.54, 1.807) is 18.3 Å². The molecule has 124 valence electrons. The van der Waals surface area contributed by atoms with Crippen molar-refractivity contribution < 1.29 is 13.6 Å². The van der Waals surface area contributed by atoms with Gasteiger partial charge in [0.2, 0.25) is 5.91 Å². The lowest BCUT2D eigenvalue weighted by molar-refractivity contribution is -0.118. The number of H-pyrrole nitrogens is 1. The normalized spacial score (nSPS) is 10.7. The summed E-state index contributed by atoms with van der Waals surface area (Å²) >= 11 is 1.18. The highest BCUT2D eigenvalue weighted by Gasteiger charge is 2.11. The van der Waals surface area contributed by atoms with Crippen LogP contribution in [0.3, 0.4) is 0 Å². The van der Waals surface area contributed by atoms with Crippen molar-refractivity contribution in [3.8, 4) is 11.6 Å². The quantitative estimate of drug-likeness (QED) is 0.643. The summed E-state index contributed by atoms with van der Waals surface area (Å²) in [6.07, 6.45) is 2.41. The van der Waals surface area contributed by atoms with Crippen LogP contribution >= 0.6 is 11.8 Å². The Bertz CT molecular complexity index is 787. The Kier molecular flexibility index (Phi) is 5.27. The molecule has 0 saturated carbocycles. The highest BCUT2D eigenvalue weighted by molar-refractivity contribution is 7.99. The van der Waals surface area contributed by atoms with Crippen LogP contribution in [0.1, 0.15) is 5.56 Å². The van der Waals surface area contributed by atoms with Gasteiger partial charge < -0.3 is 14.7 Å². The first-order chi connectivity index (χ1) is 11.7. The molecule has 1 amide bonds. The van der Waals surface area contributed by atoms with Crippen LogP contribution in [0, 0.1) is 5.82 Å². The van der Waals surface area contributed by atoms with Gasteiger partial charge in [-0.2, -0.15) is 0 Å². The summed E-state index contributed by atoms with van der Waals surface area (Å²) in [5.41, 5.74) is 1.70. The lowest BCUT2D eigenvalue weighted by Crippen LogP contribution is -2.27. The number of nitrogens with zero attached hydrogens (tertiary/aromatic N) is 2. The number of halogens is 1. The van der Waals surface area contributed by atoms with Gasteiger partial charge in [-0.15, -0.1) is 10.2 Å². The Morgan fingerprint density at radius 3 is 2.83 bits per heavy atom. The van der Waals surface area contributed by atoms with Crippen molar-refractivity contribution >= 4 is 17.7 Å². The fourth-order valence-corrected chi connectivity index (χ4v) is 2.61.